The van der Waals surface area contributed by atoms with Crippen LogP contribution in [0.3, 0.4) is 0 Å². The molecule has 7 nitrogen and oxygen atoms in total. The largest absolute Gasteiger partial charge is 0.493 e. The van der Waals surface area contributed by atoms with Crippen molar-refractivity contribution in [2.24, 2.45) is 0 Å². The number of hydrogen-bond donors (Lipinski definition) is 0. The van der Waals surface area contributed by atoms with Gasteiger partial charge in [0, 0.05) is 11.8 Å². The molecule has 28 heavy (non-hydrogen) atoms. The van der Waals surface area contributed by atoms with Gasteiger partial charge in [-0.15, -0.1) is 0 Å². The molecule has 0 N–H and O–H groups in total. The van der Waals surface area contributed by atoms with Crippen molar-refractivity contribution in [1.29, 1.82) is 0 Å². The summed E-state index contributed by atoms with van der Waals surface area (Å²) in [6.07, 6.45) is 1.59. The summed E-state index contributed by atoms with van der Waals surface area (Å²) >= 11 is 0. The maximum absolute atomic E-state index is 12.6. The number of Topliss-reactive ketones (excluding diaryl/α,β-unsaturated/α-hetero) is 1. The fourth-order valence-electron chi connectivity index (χ4n) is 2.68. The lowest BCUT2D eigenvalue weighted by atomic mass is 10.1. The first kappa shape index (κ1) is 19.2. The number of benzene rings is 2. The Morgan fingerprint density at radius 3 is 2.36 bits per heavy atom. The van der Waals surface area contributed by atoms with Gasteiger partial charge in [-0.1, -0.05) is 18.2 Å². The van der Waals surface area contributed by atoms with Gasteiger partial charge < -0.3 is 14.2 Å². The summed E-state index contributed by atoms with van der Waals surface area (Å²) < 4.78 is 17.3. The van der Waals surface area contributed by atoms with Gasteiger partial charge in [0.1, 0.15) is 17.9 Å². The van der Waals surface area contributed by atoms with E-state index in [1.807, 2.05) is 30.3 Å². The van der Waals surface area contributed by atoms with Gasteiger partial charge in [0.15, 0.2) is 17.3 Å². The molecule has 0 aliphatic rings. The van der Waals surface area contributed by atoms with Crippen LogP contribution in [-0.2, 0) is 9.53 Å². The topological polar surface area (TPSA) is 79.7 Å². The molecule has 0 fully saturated rings. The van der Waals surface area contributed by atoms with E-state index in [0.29, 0.717) is 22.8 Å². The van der Waals surface area contributed by atoms with Crippen LogP contribution in [0.2, 0.25) is 0 Å². The molecule has 3 rings (SSSR count). The summed E-state index contributed by atoms with van der Waals surface area (Å²) in [5, 5.41) is 4.56. The third-order valence-corrected chi connectivity index (χ3v) is 4.02. The summed E-state index contributed by atoms with van der Waals surface area (Å²) in [6, 6.07) is 14.6. The minimum Gasteiger partial charge on any atom is -0.493 e. The molecule has 144 valence electrons. The molecule has 0 saturated heterocycles. The highest BCUT2D eigenvalue weighted by molar-refractivity contribution is 5.97. The van der Waals surface area contributed by atoms with Crippen LogP contribution in [0.4, 0.5) is 0 Å². The molecule has 1 heterocycles. The molecule has 0 atom stereocenters. The van der Waals surface area contributed by atoms with Gasteiger partial charge in [-0.25, -0.2) is 9.48 Å². The van der Waals surface area contributed by atoms with Crippen molar-refractivity contribution in [3.63, 3.8) is 0 Å². The van der Waals surface area contributed by atoms with Gasteiger partial charge in [-0.05, 0) is 37.3 Å². The maximum Gasteiger partial charge on any atom is 0.342 e. The molecule has 0 unspecified atom stereocenters. The molecule has 0 radical (unpaired) electrons. The van der Waals surface area contributed by atoms with Crippen LogP contribution in [0.15, 0.2) is 54.7 Å². The molecule has 0 aliphatic heterocycles. The molecule has 0 aliphatic carbocycles. The van der Waals surface area contributed by atoms with E-state index in [9.17, 15) is 9.59 Å². The van der Waals surface area contributed by atoms with Gasteiger partial charge in [0.05, 0.1) is 19.9 Å². The van der Waals surface area contributed by atoms with Crippen molar-refractivity contribution >= 4 is 11.8 Å². The minimum absolute atomic E-state index is 0.239. The quantitative estimate of drug-likeness (QED) is 0.585. The van der Waals surface area contributed by atoms with E-state index in [1.165, 1.54) is 14.0 Å². The standard InChI is InChI=1S/C21H20N2O5/c1-14(24)13-28-21(25)17-12-23(16-7-5-4-6-8-16)22-20(17)15-9-10-18(26-2)19(11-15)27-3/h4-12H,13H2,1-3H3. The average Bonchev–Trinajstić information content (AvgIpc) is 3.17. The Morgan fingerprint density at radius 2 is 1.71 bits per heavy atom. The first-order valence-electron chi connectivity index (χ1n) is 8.57. The Hall–Kier alpha value is -3.61. The van der Waals surface area contributed by atoms with Gasteiger partial charge in [-0.2, -0.15) is 5.10 Å². The van der Waals surface area contributed by atoms with Crippen LogP contribution in [0.1, 0.15) is 17.3 Å². The number of rotatable bonds is 7. The van der Waals surface area contributed by atoms with E-state index in [0.717, 1.165) is 5.69 Å². The van der Waals surface area contributed by atoms with E-state index < -0.39 is 5.97 Å². The zero-order valence-corrected chi connectivity index (χ0v) is 15.8. The number of aromatic nitrogens is 2. The normalized spacial score (nSPS) is 10.4. The minimum atomic E-state index is -0.623. The second kappa shape index (κ2) is 8.39. The van der Waals surface area contributed by atoms with E-state index in [2.05, 4.69) is 5.10 Å². The van der Waals surface area contributed by atoms with Gasteiger partial charge >= 0.3 is 5.97 Å². The third-order valence-electron chi connectivity index (χ3n) is 4.02. The highest BCUT2D eigenvalue weighted by Gasteiger charge is 2.21. The molecular formula is C21H20N2O5. The highest BCUT2D eigenvalue weighted by Crippen LogP contribution is 2.33. The maximum atomic E-state index is 12.6. The number of nitrogens with zero attached hydrogens (tertiary/aromatic N) is 2. The van der Waals surface area contributed by atoms with Crippen LogP contribution in [0.25, 0.3) is 16.9 Å². The van der Waals surface area contributed by atoms with Crippen LogP contribution in [0, 0.1) is 0 Å². The van der Waals surface area contributed by atoms with Gasteiger partial charge in [-0.3, -0.25) is 4.79 Å². The predicted octanol–water partition coefficient (Wildman–Crippen LogP) is 3.30. The van der Waals surface area contributed by atoms with Crippen molar-refractivity contribution in [2.75, 3.05) is 20.8 Å². The SMILES string of the molecule is COc1ccc(-c2nn(-c3ccccc3)cc2C(=O)OCC(C)=O)cc1OC. The predicted molar refractivity (Wildman–Crippen MR) is 103 cm³/mol. The number of ether oxygens (including phenoxy) is 3. The van der Waals surface area contributed by atoms with Crippen LogP contribution >= 0.6 is 0 Å². The van der Waals surface area contributed by atoms with Gasteiger partial charge in [0.2, 0.25) is 0 Å². The molecule has 7 heteroatoms. The van der Waals surface area contributed by atoms with Gasteiger partial charge in [0.25, 0.3) is 0 Å². The van der Waals surface area contributed by atoms with Crippen LogP contribution < -0.4 is 9.47 Å². The Kier molecular flexibility index (Phi) is 5.74. The van der Waals surface area contributed by atoms with Crippen LogP contribution in [0.5, 0.6) is 11.5 Å². The number of carbonyl (C=O) groups excluding carboxylic acids is 2. The molecule has 2 aromatic carbocycles. The molecule has 0 saturated carbocycles. The second-order valence-corrected chi connectivity index (χ2v) is 6.02. The summed E-state index contributed by atoms with van der Waals surface area (Å²) in [6.45, 7) is 1.07. The summed E-state index contributed by atoms with van der Waals surface area (Å²) in [5.74, 6) is 0.213. The Bertz CT molecular complexity index is 995. The number of carbonyl (C=O) groups is 2. The van der Waals surface area contributed by atoms with Crippen molar-refractivity contribution in [2.45, 2.75) is 6.92 Å². The molecule has 0 amide bonds. The van der Waals surface area contributed by atoms with E-state index in [-0.39, 0.29) is 18.0 Å². The molecular weight excluding hydrogens is 360 g/mol. The lowest BCUT2D eigenvalue weighted by Crippen LogP contribution is -2.11. The number of ketones is 1. The zero-order valence-electron chi connectivity index (χ0n) is 15.8. The first-order valence-corrected chi connectivity index (χ1v) is 8.57. The number of hydrogen-bond acceptors (Lipinski definition) is 6. The Labute approximate surface area is 162 Å². The fraction of sp³-hybridized carbons (Fsp3) is 0.190. The molecule has 3 aromatic rings. The van der Waals surface area contributed by atoms with Crippen molar-refractivity contribution in [3.8, 4) is 28.4 Å². The highest BCUT2D eigenvalue weighted by atomic mass is 16.5. The number of methoxy groups -OCH3 is 2. The third kappa shape index (κ3) is 4.03. The molecule has 0 bridgehead atoms. The van der Waals surface area contributed by atoms with Crippen molar-refractivity contribution in [1.82, 2.24) is 9.78 Å². The lowest BCUT2D eigenvalue weighted by Gasteiger charge is -2.09. The Morgan fingerprint density at radius 1 is 1.00 bits per heavy atom. The fourth-order valence-corrected chi connectivity index (χ4v) is 2.68. The van der Waals surface area contributed by atoms with Crippen molar-refractivity contribution < 1.29 is 23.8 Å². The molecule has 1 aromatic heterocycles. The first-order chi connectivity index (χ1) is 13.5. The monoisotopic (exact) mass is 380 g/mol. The zero-order chi connectivity index (χ0) is 20.1. The lowest BCUT2D eigenvalue weighted by molar-refractivity contribution is -0.120. The van der Waals surface area contributed by atoms with Crippen molar-refractivity contribution in [3.05, 3.63) is 60.3 Å². The average molecular weight is 380 g/mol. The van der Waals surface area contributed by atoms with E-state index >= 15 is 0 Å². The Balaban J connectivity index is 2.09. The summed E-state index contributed by atoms with van der Waals surface area (Å²) in [4.78, 5) is 23.8. The number of para-hydroxylation sites is 1. The summed E-state index contributed by atoms with van der Waals surface area (Å²) in [5.41, 5.74) is 2.10. The summed E-state index contributed by atoms with van der Waals surface area (Å²) in [7, 11) is 3.08. The number of esters is 1. The van der Waals surface area contributed by atoms with E-state index in [4.69, 9.17) is 14.2 Å². The second-order valence-electron chi connectivity index (χ2n) is 6.02. The van der Waals surface area contributed by atoms with E-state index in [1.54, 1.807) is 36.2 Å². The smallest absolute Gasteiger partial charge is 0.342 e. The van der Waals surface area contributed by atoms with Crippen LogP contribution in [-0.4, -0.2) is 42.4 Å². The molecule has 0 spiro atoms.